The van der Waals surface area contributed by atoms with Crippen LogP contribution in [0.1, 0.15) is 44.1 Å². The van der Waals surface area contributed by atoms with E-state index in [1.165, 1.54) is 43.8 Å². The molecule has 10 heteroatoms. The molecular weight excluding hydrogens is 439 g/mol. The second kappa shape index (κ2) is 8.53. The summed E-state index contributed by atoms with van der Waals surface area (Å²) in [5.74, 6) is -0.777. The lowest BCUT2D eigenvalue weighted by Crippen LogP contribution is -2.50. The van der Waals surface area contributed by atoms with Gasteiger partial charge in [0.2, 0.25) is 0 Å². The lowest BCUT2D eigenvalue weighted by atomic mass is 9.81. The van der Waals surface area contributed by atoms with Gasteiger partial charge in [-0.25, -0.2) is 4.79 Å². The molecule has 2 aromatic heterocycles. The fraction of sp³-hybridized carbons (Fsp3) is 0.217. The minimum absolute atomic E-state index is 0.0120. The van der Waals surface area contributed by atoms with Crippen LogP contribution in [0.3, 0.4) is 0 Å². The number of aromatic nitrogens is 2. The fourth-order valence-corrected chi connectivity index (χ4v) is 3.70. The highest BCUT2D eigenvalue weighted by Gasteiger charge is 2.43. The molecule has 1 aromatic carbocycles. The van der Waals surface area contributed by atoms with Gasteiger partial charge in [0.15, 0.2) is 0 Å². The van der Waals surface area contributed by atoms with Gasteiger partial charge in [-0.1, -0.05) is 12.1 Å². The van der Waals surface area contributed by atoms with Gasteiger partial charge in [-0.2, -0.15) is 13.2 Å². The van der Waals surface area contributed by atoms with Crippen molar-refractivity contribution in [2.24, 2.45) is 0 Å². The lowest BCUT2D eigenvalue weighted by molar-refractivity contribution is -0.137. The van der Waals surface area contributed by atoms with E-state index >= 15 is 0 Å². The van der Waals surface area contributed by atoms with Crippen LogP contribution < -0.4 is 10.1 Å². The van der Waals surface area contributed by atoms with Gasteiger partial charge in [0.25, 0.3) is 5.91 Å². The normalized spacial score (nSPS) is 17.5. The Bertz CT molecular complexity index is 1180. The smallest absolute Gasteiger partial charge is 0.416 e. The Hall–Kier alpha value is -3.95. The lowest BCUT2D eigenvalue weighted by Gasteiger charge is -2.39. The number of hydrogen-bond donors (Lipinski definition) is 1. The number of benzene rings is 1. The zero-order valence-electron chi connectivity index (χ0n) is 17.3. The summed E-state index contributed by atoms with van der Waals surface area (Å²) >= 11 is 0. The minimum Gasteiger partial charge on any atom is -0.491 e. The number of fused-ring (bicyclic) bond motifs is 1. The summed E-state index contributed by atoms with van der Waals surface area (Å²) in [7, 11) is 1.23. The minimum atomic E-state index is -4.49. The molecular formula is C23H18F3N3O4. The first-order valence-electron chi connectivity index (χ1n) is 9.87. The van der Waals surface area contributed by atoms with Crippen LogP contribution in [-0.4, -0.2) is 35.6 Å². The number of alkyl halides is 3. The van der Waals surface area contributed by atoms with Gasteiger partial charge in [0.1, 0.15) is 22.7 Å². The van der Waals surface area contributed by atoms with Crippen molar-refractivity contribution < 1.29 is 32.2 Å². The predicted octanol–water partition coefficient (Wildman–Crippen LogP) is 3.74. The SMILES string of the molecule is COC(=O)c1ccc(C(=O)N[C@]2(c3ccc(C(F)(F)F)cc3)CCOc3cccnc32)nc1. The Kier molecular flexibility index (Phi) is 5.75. The molecule has 0 bridgehead atoms. The fourth-order valence-electron chi connectivity index (χ4n) is 3.70. The third-order valence-corrected chi connectivity index (χ3v) is 5.36. The molecule has 1 aliphatic rings. The third kappa shape index (κ3) is 4.23. The molecule has 0 fully saturated rings. The van der Waals surface area contributed by atoms with Crippen LogP contribution in [0, 0.1) is 0 Å². The number of carbonyl (C=O) groups excluding carboxylic acids is 2. The summed E-state index contributed by atoms with van der Waals surface area (Å²) in [5, 5.41) is 2.90. The molecule has 0 saturated heterocycles. The van der Waals surface area contributed by atoms with Gasteiger partial charge >= 0.3 is 12.1 Å². The van der Waals surface area contributed by atoms with E-state index in [-0.39, 0.29) is 24.3 Å². The van der Waals surface area contributed by atoms with Crippen molar-refractivity contribution >= 4 is 11.9 Å². The van der Waals surface area contributed by atoms with Crippen molar-refractivity contribution in [2.75, 3.05) is 13.7 Å². The van der Waals surface area contributed by atoms with Gasteiger partial charge in [0, 0.05) is 18.8 Å². The number of carbonyl (C=O) groups is 2. The zero-order valence-corrected chi connectivity index (χ0v) is 17.3. The largest absolute Gasteiger partial charge is 0.491 e. The number of hydrogen-bond acceptors (Lipinski definition) is 6. The van der Waals surface area contributed by atoms with E-state index in [1.54, 1.807) is 12.1 Å². The number of methoxy groups -OCH3 is 1. The van der Waals surface area contributed by atoms with E-state index in [0.717, 1.165) is 12.1 Å². The summed E-state index contributed by atoms with van der Waals surface area (Å²) in [6.07, 6.45) is -1.54. The zero-order chi connectivity index (χ0) is 23.6. The average molecular weight is 457 g/mol. The standard InChI is InChI=1S/C23H18F3N3O4/c1-32-21(31)14-4-9-17(28-13-14)20(30)29-22(10-12-33-18-3-2-11-27-19(18)22)15-5-7-16(8-6-15)23(24,25)26/h2-9,11,13H,10,12H2,1H3,(H,29,30)/t22-/m0/s1. The molecule has 33 heavy (non-hydrogen) atoms. The molecule has 0 aliphatic carbocycles. The van der Waals surface area contributed by atoms with Crippen LogP contribution in [0.15, 0.2) is 60.9 Å². The molecule has 0 spiro atoms. The molecule has 3 aromatic rings. The molecule has 7 nitrogen and oxygen atoms in total. The van der Waals surface area contributed by atoms with Crippen LogP contribution >= 0.6 is 0 Å². The Morgan fingerprint density at radius 1 is 1.09 bits per heavy atom. The molecule has 0 saturated carbocycles. The van der Waals surface area contributed by atoms with Crippen LogP contribution in [-0.2, 0) is 16.5 Å². The number of nitrogens with zero attached hydrogens (tertiary/aromatic N) is 2. The maximum Gasteiger partial charge on any atom is 0.416 e. The van der Waals surface area contributed by atoms with E-state index in [2.05, 4.69) is 20.0 Å². The number of nitrogens with one attached hydrogen (secondary N) is 1. The second-order valence-corrected chi connectivity index (χ2v) is 7.31. The highest BCUT2D eigenvalue weighted by atomic mass is 19.4. The summed E-state index contributed by atoms with van der Waals surface area (Å²) in [4.78, 5) is 33.2. The number of rotatable bonds is 4. The van der Waals surface area contributed by atoms with E-state index in [1.807, 2.05) is 0 Å². The Labute approximate surface area is 186 Å². The molecule has 4 rings (SSSR count). The first-order valence-corrected chi connectivity index (χ1v) is 9.87. The van der Waals surface area contributed by atoms with Crippen molar-refractivity contribution in [2.45, 2.75) is 18.1 Å². The van der Waals surface area contributed by atoms with Crippen molar-refractivity contribution in [1.29, 1.82) is 0 Å². The maximum atomic E-state index is 13.1. The quantitative estimate of drug-likeness (QED) is 0.601. The number of halogens is 3. The van der Waals surface area contributed by atoms with Crippen molar-refractivity contribution in [3.8, 4) is 5.75 Å². The Balaban J connectivity index is 1.75. The van der Waals surface area contributed by atoms with Crippen LogP contribution in [0.25, 0.3) is 0 Å². The van der Waals surface area contributed by atoms with Crippen molar-refractivity contribution in [1.82, 2.24) is 15.3 Å². The van der Waals surface area contributed by atoms with Gasteiger partial charge in [-0.15, -0.1) is 0 Å². The van der Waals surface area contributed by atoms with Gasteiger partial charge in [0.05, 0.1) is 24.8 Å². The average Bonchev–Trinajstić information content (AvgIpc) is 2.83. The molecule has 0 radical (unpaired) electrons. The number of pyridine rings is 2. The highest BCUT2D eigenvalue weighted by molar-refractivity contribution is 5.95. The van der Waals surface area contributed by atoms with E-state index in [0.29, 0.717) is 17.0 Å². The van der Waals surface area contributed by atoms with E-state index in [4.69, 9.17) is 4.74 Å². The van der Waals surface area contributed by atoms with Crippen LogP contribution in [0.5, 0.6) is 5.75 Å². The Morgan fingerprint density at radius 3 is 2.48 bits per heavy atom. The Morgan fingerprint density at radius 2 is 1.85 bits per heavy atom. The summed E-state index contributed by atoms with van der Waals surface area (Å²) in [6, 6.07) is 10.7. The molecule has 1 aliphatic heterocycles. The highest BCUT2D eigenvalue weighted by Crippen LogP contribution is 2.41. The molecule has 3 heterocycles. The number of esters is 1. The first-order chi connectivity index (χ1) is 15.7. The predicted molar refractivity (Wildman–Crippen MR) is 110 cm³/mol. The van der Waals surface area contributed by atoms with E-state index < -0.39 is 29.2 Å². The monoisotopic (exact) mass is 457 g/mol. The van der Waals surface area contributed by atoms with Crippen molar-refractivity contribution in [3.05, 3.63) is 89.0 Å². The van der Waals surface area contributed by atoms with Gasteiger partial charge in [-0.3, -0.25) is 14.8 Å². The number of amides is 1. The summed E-state index contributed by atoms with van der Waals surface area (Å²) in [5.41, 5.74) is -1.09. The van der Waals surface area contributed by atoms with E-state index in [9.17, 15) is 22.8 Å². The van der Waals surface area contributed by atoms with Crippen molar-refractivity contribution in [3.63, 3.8) is 0 Å². The summed E-state index contributed by atoms with van der Waals surface area (Å²) < 4.78 is 49.6. The molecule has 1 atom stereocenters. The first kappa shape index (κ1) is 22.3. The van der Waals surface area contributed by atoms with Crippen LogP contribution in [0.4, 0.5) is 13.2 Å². The topological polar surface area (TPSA) is 90.4 Å². The maximum absolute atomic E-state index is 13.1. The summed E-state index contributed by atoms with van der Waals surface area (Å²) in [6.45, 7) is 0.203. The van der Waals surface area contributed by atoms with Gasteiger partial charge in [-0.05, 0) is 42.0 Å². The molecule has 1 amide bonds. The molecule has 1 N–H and O–H groups in total. The third-order valence-electron chi connectivity index (χ3n) is 5.36. The number of ether oxygens (including phenoxy) is 2. The second-order valence-electron chi connectivity index (χ2n) is 7.31. The van der Waals surface area contributed by atoms with Gasteiger partial charge < -0.3 is 14.8 Å². The molecule has 0 unspecified atom stereocenters. The van der Waals surface area contributed by atoms with Crippen LogP contribution in [0.2, 0.25) is 0 Å². The molecule has 170 valence electrons.